The van der Waals surface area contributed by atoms with Gasteiger partial charge in [-0.25, -0.2) is 9.97 Å². The Labute approximate surface area is 109 Å². The number of imidazole rings is 1. The van der Waals surface area contributed by atoms with Crippen molar-refractivity contribution in [2.75, 3.05) is 0 Å². The quantitative estimate of drug-likeness (QED) is 0.671. The van der Waals surface area contributed by atoms with Gasteiger partial charge in [-0.2, -0.15) is 0 Å². The van der Waals surface area contributed by atoms with Crippen molar-refractivity contribution in [2.24, 2.45) is 5.73 Å². The second kappa shape index (κ2) is 3.51. The van der Waals surface area contributed by atoms with E-state index in [1.165, 1.54) is 0 Å². The molecule has 0 radical (unpaired) electrons. The topological polar surface area (TPSA) is 97.8 Å². The van der Waals surface area contributed by atoms with Crippen molar-refractivity contribution in [3.63, 3.8) is 0 Å². The molecule has 0 spiro atoms. The van der Waals surface area contributed by atoms with Crippen LogP contribution in [0.4, 0.5) is 0 Å². The summed E-state index contributed by atoms with van der Waals surface area (Å²) in [6.07, 6.45) is 6.56. The zero-order valence-corrected chi connectivity index (χ0v) is 10.7. The Bertz CT molecular complexity index is 758. The largest absolute Gasteiger partial charge is 0.340 e. The maximum absolute atomic E-state index is 6.27. The van der Waals surface area contributed by atoms with E-state index in [-0.39, 0.29) is 11.5 Å². The monoisotopic (exact) mass is 257 g/mol. The van der Waals surface area contributed by atoms with Crippen LogP contribution < -0.4 is 5.73 Å². The molecule has 1 aliphatic carbocycles. The van der Waals surface area contributed by atoms with Crippen molar-refractivity contribution >= 4 is 16.8 Å². The molecule has 3 aromatic rings. The molecule has 2 unspecified atom stereocenters. The Morgan fingerprint density at radius 3 is 3.11 bits per heavy atom. The van der Waals surface area contributed by atoms with Crippen LogP contribution in [0.1, 0.15) is 32.0 Å². The highest BCUT2D eigenvalue weighted by atomic mass is 15.3. The summed E-state index contributed by atoms with van der Waals surface area (Å²) >= 11 is 0. The molecule has 0 amide bonds. The minimum atomic E-state index is -0.130. The van der Waals surface area contributed by atoms with E-state index in [1.807, 2.05) is 4.40 Å². The lowest BCUT2D eigenvalue weighted by Crippen LogP contribution is -2.39. The maximum atomic E-state index is 6.27. The third kappa shape index (κ3) is 1.30. The van der Waals surface area contributed by atoms with Crippen LogP contribution in [-0.4, -0.2) is 35.6 Å². The molecule has 4 rings (SSSR count). The SMILES string of the molecule is CC1(c2nnc3c4[nH]cnc4ncn23)CCCC1N. The fraction of sp³-hybridized carbons (Fsp3) is 0.500. The van der Waals surface area contributed by atoms with Crippen molar-refractivity contribution in [3.05, 3.63) is 18.5 Å². The predicted molar refractivity (Wildman–Crippen MR) is 69.6 cm³/mol. The van der Waals surface area contributed by atoms with E-state index < -0.39 is 0 Å². The Morgan fingerprint density at radius 2 is 2.32 bits per heavy atom. The molecule has 7 heteroatoms. The van der Waals surface area contributed by atoms with Gasteiger partial charge in [0.15, 0.2) is 11.3 Å². The number of hydrogen-bond acceptors (Lipinski definition) is 5. The number of rotatable bonds is 1. The average Bonchev–Trinajstić information content (AvgIpc) is 3.08. The van der Waals surface area contributed by atoms with Crippen molar-refractivity contribution in [1.82, 2.24) is 29.5 Å². The lowest BCUT2D eigenvalue weighted by molar-refractivity contribution is 0.400. The van der Waals surface area contributed by atoms with Crippen LogP contribution in [0.5, 0.6) is 0 Å². The number of nitrogens with two attached hydrogens (primary N) is 1. The Morgan fingerprint density at radius 1 is 1.42 bits per heavy atom. The van der Waals surface area contributed by atoms with E-state index in [1.54, 1.807) is 12.7 Å². The van der Waals surface area contributed by atoms with Crippen LogP contribution in [0.25, 0.3) is 16.8 Å². The van der Waals surface area contributed by atoms with Gasteiger partial charge in [0.05, 0.1) is 6.33 Å². The van der Waals surface area contributed by atoms with Crippen LogP contribution in [0.2, 0.25) is 0 Å². The lowest BCUT2D eigenvalue weighted by Gasteiger charge is -2.26. The van der Waals surface area contributed by atoms with Crippen molar-refractivity contribution in [2.45, 2.75) is 37.6 Å². The first kappa shape index (κ1) is 10.9. The maximum Gasteiger partial charge on any atom is 0.189 e. The molecular weight excluding hydrogens is 242 g/mol. The lowest BCUT2D eigenvalue weighted by atomic mass is 9.84. The fourth-order valence-electron chi connectivity index (χ4n) is 3.09. The summed E-state index contributed by atoms with van der Waals surface area (Å²) < 4.78 is 1.94. The second-order valence-corrected chi connectivity index (χ2v) is 5.48. The van der Waals surface area contributed by atoms with Gasteiger partial charge in [-0.3, -0.25) is 4.40 Å². The van der Waals surface area contributed by atoms with Crippen LogP contribution >= 0.6 is 0 Å². The molecular formula is C12H15N7. The van der Waals surface area contributed by atoms with Gasteiger partial charge in [-0.15, -0.1) is 10.2 Å². The molecule has 1 fully saturated rings. The standard InChI is InChI=1S/C12H15N7/c1-12(4-2-3-7(12)13)11-18-17-10-8-9(15-5-14-8)16-6-19(10)11/h5-7H,2-4,13H2,1H3,(H,14,15). The summed E-state index contributed by atoms with van der Waals surface area (Å²) in [5.74, 6) is 0.900. The van der Waals surface area contributed by atoms with E-state index >= 15 is 0 Å². The highest BCUT2D eigenvalue weighted by molar-refractivity contribution is 5.84. The molecule has 3 heterocycles. The summed E-state index contributed by atoms with van der Waals surface area (Å²) in [6, 6.07) is 0.123. The normalized spacial score (nSPS) is 27.6. The molecule has 1 aliphatic rings. The Kier molecular flexibility index (Phi) is 2.00. The third-order valence-electron chi connectivity index (χ3n) is 4.37. The van der Waals surface area contributed by atoms with Gasteiger partial charge in [0.25, 0.3) is 0 Å². The molecule has 0 bridgehead atoms. The van der Waals surface area contributed by atoms with Gasteiger partial charge in [0.2, 0.25) is 0 Å². The molecule has 3 aromatic heterocycles. The highest BCUT2D eigenvalue weighted by Gasteiger charge is 2.41. The molecule has 0 saturated heterocycles. The van der Waals surface area contributed by atoms with Crippen LogP contribution in [-0.2, 0) is 5.41 Å². The second-order valence-electron chi connectivity index (χ2n) is 5.48. The molecule has 1 saturated carbocycles. The Hall–Kier alpha value is -2.02. The minimum absolute atomic E-state index is 0.123. The zero-order chi connectivity index (χ0) is 13.0. The van der Waals surface area contributed by atoms with Crippen LogP contribution in [0.15, 0.2) is 12.7 Å². The number of aromatic nitrogens is 6. The summed E-state index contributed by atoms with van der Waals surface area (Å²) in [5, 5.41) is 8.66. The number of fused-ring (bicyclic) bond motifs is 3. The van der Waals surface area contributed by atoms with E-state index in [9.17, 15) is 0 Å². The smallest absolute Gasteiger partial charge is 0.189 e. The first-order valence-corrected chi connectivity index (χ1v) is 6.49. The van der Waals surface area contributed by atoms with E-state index in [4.69, 9.17) is 5.73 Å². The van der Waals surface area contributed by atoms with E-state index in [0.717, 1.165) is 36.3 Å². The Balaban J connectivity index is 2.01. The molecule has 19 heavy (non-hydrogen) atoms. The van der Waals surface area contributed by atoms with Crippen LogP contribution in [0, 0.1) is 0 Å². The van der Waals surface area contributed by atoms with Gasteiger partial charge in [0, 0.05) is 11.5 Å². The molecule has 0 aliphatic heterocycles. The molecule has 7 nitrogen and oxygen atoms in total. The summed E-state index contributed by atoms with van der Waals surface area (Å²) in [6.45, 7) is 2.16. The van der Waals surface area contributed by atoms with Crippen molar-refractivity contribution < 1.29 is 0 Å². The summed E-state index contributed by atoms with van der Waals surface area (Å²) in [5.41, 5.74) is 8.37. The van der Waals surface area contributed by atoms with Crippen LogP contribution in [0.3, 0.4) is 0 Å². The number of nitrogens with one attached hydrogen (secondary N) is 1. The molecule has 0 aromatic carbocycles. The third-order valence-corrected chi connectivity index (χ3v) is 4.37. The van der Waals surface area contributed by atoms with E-state index in [2.05, 4.69) is 32.1 Å². The predicted octanol–water partition coefficient (Wildman–Crippen LogP) is 0.769. The van der Waals surface area contributed by atoms with Crippen molar-refractivity contribution in [3.8, 4) is 0 Å². The van der Waals surface area contributed by atoms with Crippen molar-refractivity contribution in [1.29, 1.82) is 0 Å². The first-order chi connectivity index (χ1) is 9.20. The number of hydrogen-bond donors (Lipinski definition) is 2. The first-order valence-electron chi connectivity index (χ1n) is 6.49. The molecule has 98 valence electrons. The number of H-pyrrole nitrogens is 1. The molecule has 3 N–H and O–H groups in total. The van der Waals surface area contributed by atoms with Gasteiger partial charge < -0.3 is 10.7 Å². The number of aromatic amines is 1. The van der Waals surface area contributed by atoms with Gasteiger partial charge in [0.1, 0.15) is 17.7 Å². The van der Waals surface area contributed by atoms with Gasteiger partial charge >= 0.3 is 0 Å². The zero-order valence-electron chi connectivity index (χ0n) is 10.7. The fourth-order valence-corrected chi connectivity index (χ4v) is 3.09. The van der Waals surface area contributed by atoms with Gasteiger partial charge in [-0.1, -0.05) is 13.3 Å². The molecule has 2 atom stereocenters. The summed E-state index contributed by atoms with van der Waals surface area (Å²) in [7, 11) is 0. The number of nitrogens with zero attached hydrogens (tertiary/aromatic N) is 5. The summed E-state index contributed by atoms with van der Waals surface area (Å²) in [4.78, 5) is 11.5. The van der Waals surface area contributed by atoms with E-state index in [0.29, 0.717) is 5.65 Å². The van der Waals surface area contributed by atoms with Gasteiger partial charge in [-0.05, 0) is 12.8 Å². The average molecular weight is 257 g/mol. The highest BCUT2D eigenvalue weighted by Crippen LogP contribution is 2.39. The minimum Gasteiger partial charge on any atom is -0.340 e.